The highest BCUT2D eigenvalue weighted by molar-refractivity contribution is 6.03. The van der Waals surface area contributed by atoms with Crippen LogP contribution in [0.5, 0.6) is 0 Å². The summed E-state index contributed by atoms with van der Waals surface area (Å²) in [5, 5.41) is 8.77. The molecule has 1 aliphatic heterocycles. The lowest BCUT2D eigenvalue weighted by Crippen LogP contribution is -2.43. The van der Waals surface area contributed by atoms with Crippen molar-refractivity contribution in [2.75, 3.05) is 18.8 Å². The van der Waals surface area contributed by atoms with Crippen LogP contribution in [0.25, 0.3) is 11.3 Å². The van der Waals surface area contributed by atoms with Crippen LogP contribution in [0.2, 0.25) is 0 Å². The van der Waals surface area contributed by atoms with Gasteiger partial charge in [0, 0.05) is 24.8 Å². The van der Waals surface area contributed by atoms with Gasteiger partial charge in [0.1, 0.15) is 28.5 Å². The number of halogens is 4. The van der Waals surface area contributed by atoms with Gasteiger partial charge in [0.05, 0.1) is 24.3 Å². The van der Waals surface area contributed by atoms with Crippen LogP contribution >= 0.6 is 0 Å². The van der Waals surface area contributed by atoms with E-state index < -0.39 is 29.1 Å². The van der Waals surface area contributed by atoms with Gasteiger partial charge in [-0.15, -0.1) is 0 Å². The van der Waals surface area contributed by atoms with E-state index in [1.165, 1.54) is 23.1 Å². The third kappa shape index (κ3) is 5.59. The summed E-state index contributed by atoms with van der Waals surface area (Å²) in [6.45, 7) is 6.53. The van der Waals surface area contributed by atoms with E-state index in [2.05, 4.69) is 10.2 Å². The molecule has 3 heterocycles. The SMILES string of the molecule is CC(C)(C)OC(=O)N1CC[C@]2(C1)C[C@H](n1nc(-c3cnn(Cc4ccc(F)c(C(F)(F)F)c4)c3)c(C(N)=O)c1N)C2. The standard InChI is InChI=1S/C27H31F4N7O3/c1-25(2,3)41-24(40)36-7-6-26(14-36)9-17(10-26)38-22(32)20(23(33)39)21(35-38)16-11-34-37(13-16)12-15-4-5-19(28)18(8-15)27(29,30)31/h4-5,8,11,13,17H,6-7,9-10,12,14,32H2,1-3H3,(H2,33,39)/t17-,26-. The van der Waals surface area contributed by atoms with E-state index >= 15 is 0 Å². The first-order chi connectivity index (χ1) is 19.1. The average molecular weight is 578 g/mol. The number of anilines is 1. The number of hydrogen-bond acceptors (Lipinski definition) is 6. The summed E-state index contributed by atoms with van der Waals surface area (Å²) in [7, 11) is 0. The van der Waals surface area contributed by atoms with E-state index in [1.54, 1.807) is 9.58 Å². The molecule has 14 heteroatoms. The van der Waals surface area contributed by atoms with Crippen molar-refractivity contribution in [1.29, 1.82) is 0 Å². The van der Waals surface area contributed by atoms with Gasteiger partial charge in [0.25, 0.3) is 5.91 Å². The maximum Gasteiger partial charge on any atom is 0.419 e. The van der Waals surface area contributed by atoms with Crippen molar-refractivity contribution in [3.05, 3.63) is 53.1 Å². The topological polar surface area (TPSA) is 134 Å². The van der Waals surface area contributed by atoms with Gasteiger partial charge in [-0.05, 0) is 63.1 Å². The summed E-state index contributed by atoms with van der Waals surface area (Å²) < 4.78 is 61.4. The Morgan fingerprint density at radius 3 is 2.54 bits per heavy atom. The number of carbonyl (C=O) groups excluding carboxylic acids is 2. The fraction of sp³-hybridized carbons (Fsp3) is 0.481. The molecule has 1 saturated heterocycles. The minimum atomic E-state index is -4.83. The van der Waals surface area contributed by atoms with E-state index in [4.69, 9.17) is 16.2 Å². The Morgan fingerprint density at radius 2 is 1.90 bits per heavy atom. The summed E-state index contributed by atoms with van der Waals surface area (Å²) in [6.07, 6.45) is -0.0591. The van der Waals surface area contributed by atoms with Crippen LogP contribution in [-0.2, 0) is 17.5 Å². The minimum Gasteiger partial charge on any atom is -0.444 e. The number of carbonyl (C=O) groups is 2. The Kier molecular flexibility index (Phi) is 6.77. The molecule has 0 bridgehead atoms. The van der Waals surface area contributed by atoms with Crippen LogP contribution in [0.1, 0.15) is 67.6 Å². The summed E-state index contributed by atoms with van der Waals surface area (Å²) in [6, 6.07) is 2.62. The van der Waals surface area contributed by atoms with Crippen LogP contribution in [0, 0.1) is 11.2 Å². The number of nitrogens with zero attached hydrogens (tertiary/aromatic N) is 5. The molecule has 2 aromatic heterocycles. The number of ether oxygens (including phenoxy) is 1. The van der Waals surface area contributed by atoms with Gasteiger partial charge in [0.15, 0.2) is 0 Å². The highest BCUT2D eigenvalue weighted by Crippen LogP contribution is 2.55. The summed E-state index contributed by atoms with van der Waals surface area (Å²) >= 11 is 0. The van der Waals surface area contributed by atoms with Crippen LogP contribution in [0.3, 0.4) is 0 Å². The van der Waals surface area contributed by atoms with Gasteiger partial charge >= 0.3 is 12.3 Å². The largest absolute Gasteiger partial charge is 0.444 e. The first-order valence-corrected chi connectivity index (χ1v) is 13.1. The first kappa shape index (κ1) is 28.4. The second-order valence-electron chi connectivity index (χ2n) is 11.9. The third-order valence-electron chi connectivity index (χ3n) is 7.55. The number of rotatable bonds is 5. The number of primary amides is 1. The summed E-state index contributed by atoms with van der Waals surface area (Å²) in [5.41, 5.74) is 10.7. The maximum absolute atomic E-state index is 13.7. The molecule has 4 N–H and O–H groups in total. The van der Waals surface area contributed by atoms with Gasteiger partial charge < -0.3 is 21.1 Å². The Bertz CT molecular complexity index is 1500. The number of nitrogens with two attached hydrogens (primary N) is 2. The number of nitrogen functional groups attached to an aromatic ring is 1. The molecule has 1 aliphatic carbocycles. The smallest absolute Gasteiger partial charge is 0.419 e. The normalized spacial score (nSPS) is 20.9. The van der Waals surface area contributed by atoms with E-state index in [9.17, 15) is 27.2 Å². The van der Waals surface area contributed by atoms with Crippen LogP contribution < -0.4 is 11.5 Å². The Morgan fingerprint density at radius 1 is 1.20 bits per heavy atom. The van der Waals surface area contributed by atoms with Gasteiger partial charge in [-0.1, -0.05) is 6.07 Å². The van der Waals surface area contributed by atoms with Crippen molar-refractivity contribution >= 4 is 17.8 Å². The molecule has 10 nitrogen and oxygen atoms in total. The van der Waals surface area contributed by atoms with E-state index in [0.717, 1.165) is 18.6 Å². The lowest BCUT2D eigenvalue weighted by Gasteiger charge is -2.45. The Hall–Kier alpha value is -4.10. The fourth-order valence-corrected chi connectivity index (χ4v) is 5.68. The van der Waals surface area contributed by atoms with Gasteiger partial charge in [-0.2, -0.15) is 23.4 Å². The zero-order valence-corrected chi connectivity index (χ0v) is 22.8. The van der Waals surface area contributed by atoms with Crippen molar-refractivity contribution in [2.24, 2.45) is 11.1 Å². The molecule has 1 spiro atoms. The van der Waals surface area contributed by atoms with Crippen molar-refractivity contribution in [1.82, 2.24) is 24.5 Å². The van der Waals surface area contributed by atoms with Gasteiger partial charge in [-0.3, -0.25) is 9.48 Å². The first-order valence-electron chi connectivity index (χ1n) is 13.1. The van der Waals surface area contributed by atoms with Crippen LogP contribution in [0.15, 0.2) is 30.6 Å². The molecule has 220 valence electrons. The van der Waals surface area contributed by atoms with Gasteiger partial charge in [0.2, 0.25) is 0 Å². The zero-order chi connectivity index (χ0) is 29.9. The van der Waals surface area contributed by atoms with Crippen molar-refractivity contribution in [3.63, 3.8) is 0 Å². The number of amides is 2. The second-order valence-corrected chi connectivity index (χ2v) is 11.9. The van der Waals surface area contributed by atoms with E-state index in [1.807, 2.05) is 20.8 Å². The molecule has 2 amide bonds. The maximum atomic E-state index is 13.7. The third-order valence-corrected chi connectivity index (χ3v) is 7.55. The number of benzene rings is 1. The second kappa shape index (κ2) is 9.77. The Labute approximate surface area is 233 Å². The molecule has 1 aromatic carbocycles. The quantitative estimate of drug-likeness (QED) is 0.426. The predicted octanol–water partition coefficient (Wildman–Crippen LogP) is 4.60. The van der Waals surface area contributed by atoms with Crippen molar-refractivity contribution in [3.8, 4) is 11.3 Å². The van der Waals surface area contributed by atoms with Crippen molar-refractivity contribution < 1.29 is 31.9 Å². The molecule has 0 radical (unpaired) electrons. The molecular formula is C27H31F4N7O3. The fourth-order valence-electron chi connectivity index (χ4n) is 5.68. The van der Waals surface area contributed by atoms with E-state index in [-0.39, 0.29) is 46.7 Å². The molecule has 1 saturated carbocycles. The highest BCUT2D eigenvalue weighted by atomic mass is 19.4. The Balaban J connectivity index is 1.33. The highest BCUT2D eigenvalue weighted by Gasteiger charge is 2.51. The van der Waals surface area contributed by atoms with Crippen molar-refractivity contribution in [2.45, 2.75) is 64.4 Å². The number of hydrogen-bond donors (Lipinski definition) is 2. The predicted molar refractivity (Wildman–Crippen MR) is 140 cm³/mol. The lowest BCUT2D eigenvalue weighted by atomic mass is 9.65. The minimum absolute atomic E-state index is 0.0217. The molecular weight excluding hydrogens is 546 g/mol. The molecule has 2 fully saturated rings. The molecule has 2 aliphatic rings. The summed E-state index contributed by atoms with van der Waals surface area (Å²) in [5.74, 6) is -2.03. The molecule has 5 rings (SSSR count). The molecule has 3 aromatic rings. The van der Waals surface area contributed by atoms with E-state index in [0.29, 0.717) is 31.5 Å². The summed E-state index contributed by atoms with van der Waals surface area (Å²) in [4.78, 5) is 26.6. The molecule has 0 unspecified atom stereocenters. The molecule has 41 heavy (non-hydrogen) atoms. The lowest BCUT2D eigenvalue weighted by molar-refractivity contribution is -0.140. The van der Waals surface area contributed by atoms with Crippen LogP contribution in [0.4, 0.5) is 28.2 Å². The number of alkyl halides is 3. The molecule has 0 atom stereocenters. The monoisotopic (exact) mass is 577 g/mol. The van der Waals surface area contributed by atoms with Gasteiger partial charge in [-0.25, -0.2) is 13.9 Å². The van der Waals surface area contributed by atoms with Crippen LogP contribution in [-0.4, -0.2) is 55.2 Å². The number of likely N-dealkylation sites (tertiary alicyclic amines) is 1. The zero-order valence-electron chi connectivity index (χ0n) is 22.8. The number of aromatic nitrogens is 4. The average Bonchev–Trinajstić information content (AvgIpc) is 3.54.